The smallest absolute Gasteiger partial charge is 0.226 e. The predicted octanol–water partition coefficient (Wildman–Crippen LogP) is 4.17. The molecule has 2 saturated heterocycles. The summed E-state index contributed by atoms with van der Waals surface area (Å²) in [5.41, 5.74) is 3.13. The molecule has 3 aliphatic rings. The molecule has 3 fully saturated rings. The molecule has 1 amide bonds. The van der Waals surface area contributed by atoms with E-state index in [1.807, 2.05) is 24.5 Å². The lowest BCUT2D eigenvalue weighted by Gasteiger charge is -2.44. The zero-order chi connectivity index (χ0) is 22.4. The van der Waals surface area contributed by atoms with Crippen LogP contribution < -0.4 is 4.90 Å². The predicted molar refractivity (Wildman–Crippen MR) is 127 cm³/mol. The second kappa shape index (κ2) is 8.00. The Hall–Kier alpha value is -3.72. The first kappa shape index (κ1) is 19.9. The van der Waals surface area contributed by atoms with Gasteiger partial charge in [-0.1, -0.05) is 29.8 Å². The molecule has 164 valence electrons. The molecule has 2 bridgehead atoms. The van der Waals surface area contributed by atoms with Crippen LogP contribution in [0.2, 0.25) is 0 Å². The Morgan fingerprint density at radius 1 is 1.06 bits per heavy atom. The van der Waals surface area contributed by atoms with Crippen LogP contribution in [-0.2, 0) is 4.79 Å². The standard InChI is InChI=1S/C27H25N5O/c28-13-18-4-7-26(30-14-18)32-23-5-6-24(32)17-31(16-23)27(33)22-11-19(12-22)10-20-2-1-3-21-15-29-9-8-25(20)21/h1-4,7-10,14-15,22-24H,5-6,11-12,16-17H2. The van der Waals surface area contributed by atoms with E-state index in [2.05, 4.69) is 56.2 Å². The Morgan fingerprint density at radius 2 is 1.88 bits per heavy atom. The van der Waals surface area contributed by atoms with E-state index >= 15 is 0 Å². The highest BCUT2D eigenvalue weighted by molar-refractivity contribution is 5.91. The molecule has 33 heavy (non-hydrogen) atoms. The highest BCUT2D eigenvalue weighted by Gasteiger charge is 2.44. The maximum Gasteiger partial charge on any atom is 0.226 e. The number of carbonyl (C=O) groups excluding carboxylic acids is 1. The summed E-state index contributed by atoms with van der Waals surface area (Å²) in [6, 6.07) is 14.9. The molecule has 0 spiro atoms. The molecule has 2 atom stereocenters. The SMILES string of the molecule is N#Cc1ccc(N2C3CCC2CN(C(=O)C2CC(=Cc4cccc5cnccc45)C2)C3)nc1. The molecule has 2 aliphatic heterocycles. The Morgan fingerprint density at radius 3 is 2.61 bits per heavy atom. The van der Waals surface area contributed by atoms with Gasteiger partial charge in [0.2, 0.25) is 5.91 Å². The van der Waals surface area contributed by atoms with Crippen molar-refractivity contribution in [2.45, 2.75) is 37.8 Å². The highest BCUT2D eigenvalue weighted by Crippen LogP contribution is 2.39. The van der Waals surface area contributed by atoms with Crippen molar-refractivity contribution < 1.29 is 4.79 Å². The van der Waals surface area contributed by atoms with Crippen molar-refractivity contribution >= 4 is 28.6 Å². The summed E-state index contributed by atoms with van der Waals surface area (Å²) in [7, 11) is 0. The molecule has 1 aromatic carbocycles. The molecule has 4 heterocycles. The number of anilines is 1. The lowest BCUT2D eigenvalue weighted by molar-refractivity contribution is -0.137. The number of pyridine rings is 2. The first-order chi connectivity index (χ1) is 16.2. The normalized spacial score (nSPS) is 23.8. The van der Waals surface area contributed by atoms with Crippen molar-refractivity contribution in [2.75, 3.05) is 18.0 Å². The Bertz CT molecular complexity index is 1260. The molecule has 6 nitrogen and oxygen atoms in total. The Labute approximate surface area is 193 Å². The summed E-state index contributed by atoms with van der Waals surface area (Å²) in [5.74, 6) is 1.33. The van der Waals surface area contributed by atoms with Gasteiger partial charge in [0.15, 0.2) is 0 Å². The minimum absolute atomic E-state index is 0.104. The highest BCUT2D eigenvalue weighted by atomic mass is 16.2. The summed E-state index contributed by atoms with van der Waals surface area (Å²) in [4.78, 5) is 26.4. The van der Waals surface area contributed by atoms with Gasteiger partial charge in [0, 0.05) is 55.1 Å². The largest absolute Gasteiger partial charge is 0.347 e. The summed E-state index contributed by atoms with van der Waals surface area (Å²) in [6.45, 7) is 1.53. The fourth-order valence-corrected chi connectivity index (χ4v) is 5.68. The molecule has 0 radical (unpaired) electrons. The van der Waals surface area contributed by atoms with Crippen LogP contribution in [0.4, 0.5) is 5.82 Å². The van der Waals surface area contributed by atoms with E-state index in [4.69, 9.17) is 5.26 Å². The fourth-order valence-electron chi connectivity index (χ4n) is 5.68. The monoisotopic (exact) mass is 435 g/mol. The Balaban J connectivity index is 1.11. The molecular weight excluding hydrogens is 410 g/mol. The third kappa shape index (κ3) is 3.54. The van der Waals surface area contributed by atoms with E-state index in [0.717, 1.165) is 50.0 Å². The quantitative estimate of drug-likeness (QED) is 0.617. The van der Waals surface area contributed by atoms with Crippen LogP contribution in [0.15, 0.2) is 60.6 Å². The van der Waals surface area contributed by atoms with Crippen molar-refractivity contribution in [3.63, 3.8) is 0 Å². The van der Waals surface area contributed by atoms with Crippen molar-refractivity contribution in [2.24, 2.45) is 5.92 Å². The van der Waals surface area contributed by atoms with Gasteiger partial charge >= 0.3 is 0 Å². The second-order valence-corrected chi connectivity index (χ2v) is 9.40. The average Bonchev–Trinajstić information content (AvgIpc) is 3.09. The molecule has 1 aliphatic carbocycles. The maximum atomic E-state index is 13.3. The number of allylic oxidation sites excluding steroid dienone is 1. The number of rotatable bonds is 3. The van der Waals surface area contributed by atoms with E-state index in [9.17, 15) is 4.79 Å². The fraction of sp³-hybridized carbons (Fsp3) is 0.333. The van der Waals surface area contributed by atoms with Gasteiger partial charge in [-0.3, -0.25) is 9.78 Å². The number of carbonyl (C=O) groups is 1. The minimum Gasteiger partial charge on any atom is -0.347 e. The van der Waals surface area contributed by atoms with E-state index in [1.54, 1.807) is 6.20 Å². The molecule has 1 saturated carbocycles. The van der Waals surface area contributed by atoms with Crippen molar-refractivity contribution in [3.8, 4) is 6.07 Å². The van der Waals surface area contributed by atoms with Gasteiger partial charge in [0.1, 0.15) is 11.9 Å². The first-order valence-corrected chi connectivity index (χ1v) is 11.6. The van der Waals surface area contributed by atoms with Gasteiger partial charge < -0.3 is 9.80 Å². The number of aromatic nitrogens is 2. The lowest BCUT2D eigenvalue weighted by Crippen LogP contribution is -2.57. The van der Waals surface area contributed by atoms with Gasteiger partial charge in [-0.25, -0.2) is 4.98 Å². The van der Waals surface area contributed by atoms with Crippen molar-refractivity contribution in [1.29, 1.82) is 5.26 Å². The number of nitrogens with zero attached hydrogens (tertiary/aromatic N) is 5. The van der Waals surface area contributed by atoms with Crippen LogP contribution in [-0.4, -0.2) is 45.9 Å². The van der Waals surface area contributed by atoms with Crippen LogP contribution in [0.3, 0.4) is 0 Å². The molecule has 6 heteroatoms. The van der Waals surface area contributed by atoms with Crippen LogP contribution in [0.25, 0.3) is 16.8 Å². The maximum absolute atomic E-state index is 13.3. The van der Waals surface area contributed by atoms with Crippen LogP contribution >= 0.6 is 0 Å². The number of fused-ring (bicyclic) bond motifs is 3. The number of amides is 1. The number of hydrogen-bond donors (Lipinski definition) is 0. The first-order valence-electron chi connectivity index (χ1n) is 11.6. The van der Waals surface area contributed by atoms with Gasteiger partial charge in [-0.15, -0.1) is 0 Å². The zero-order valence-electron chi connectivity index (χ0n) is 18.4. The number of benzene rings is 1. The van der Waals surface area contributed by atoms with E-state index in [-0.39, 0.29) is 5.92 Å². The number of hydrogen-bond acceptors (Lipinski definition) is 5. The molecule has 2 aromatic heterocycles. The number of piperazine rings is 1. The van der Waals surface area contributed by atoms with Crippen molar-refractivity contribution in [3.05, 3.63) is 71.7 Å². The second-order valence-electron chi connectivity index (χ2n) is 9.40. The summed E-state index contributed by atoms with van der Waals surface area (Å²) in [6.07, 6.45) is 11.5. The van der Waals surface area contributed by atoms with Gasteiger partial charge in [-0.2, -0.15) is 5.26 Å². The average molecular weight is 436 g/mol. The summed E-state index contributed by atoms with van der Waals surface area (Å²) >= 11 is 0. The van der Waals surface area contributed by atoms with Gasteiger partial charge in [-0.05, 0) is 54.8 Å². The minimum atomic E-state index is 0.104. The Kier molecular flexibility index (Phi) is 4.83. The molecular formula is C27H25N5O. The lowest BCUT2D eigenvalue weighted by atomic mass is 9.78. The van der Waals surface area contributed by atoms with Gasteiger partial charge in [0.05, 0.1) is 5.56 Å². The van der Waals surface area contributed by atoms with Crippen LogP contribution in [0.1, 0.15) is 36.8 Å². The molecule has 6 rings (SSSR count). The molecule has 2 unspecified atom stereocenters. The molecule has 0 N–H and O–H groups in total. The number of likely N-dealkylation sites (tertiary alicyclic amines) is 1. The summed E-state index contributed by atoms with van der Waals surface area (Å²) < 4.78 is 0. The van der Waals surface area contributed by atoms with Gasteiger partial charge in [0.25, 0.3) is 0 Å². The van der Waals surface area contributed by atoms with E-state index < -0.39 is 0 Å². The van der Waals surface area contributed by atoms with Crippen LogP contribution in [0.5, 0.6) is 0 Å². The van der Waals surface area contributed by atoms with Crippen molar-refractivity contribution in [1.82, 2.24) is 14.9 Å². The molecule has 3 aromatic rings. The zero-order valence-corrected chi connectivity index (χ0v) is 18.4. The topological polar surface area (TPSA) is 73.1 Å². The third-order valence-electron chi connectivity index (χ3n) is 7.38. The number of nitriles is 1. The van der Waals surface area contributed by atoms with E-state index in [0.29, 0.717) is 23.6 Å². The van der Waals surface area contributed by atoms with Crippen LogP contribution in [0, 0.1) is 17.2 Å². The summed E-state index contributed by atoms with van der Waals surface area (Å²) in [5, 5.41) is 11.4. The third-order valence-corrected chi connectivity index (χ3v) is 7.38. The van der Waals surface area contributed by atoms with E-state index in [1.165, 1.54) is 16.5 Å².